The van der Waals surface area contributed by atoms with Crippen LogP contribution in [0.3, 0.4) is 0 Å². The zero-order chi connectivity index (χ0) is 15.0. The summed E-state index contributed by atoms with van der Waals surface area (Å²) in [6.45, 7) is 0. The van der Waals surface area contributed by atoms with Crippen molar-refractivity contribution >= 4 is 56.5 Å². The van der Waals surface area contributed by atoms with Gasteiger partial charge in [-0.2, -0.15) is 0 Å². The molecule has 21 heavy (non-hydrogen) atoms. The number of alkyl halides is 1. The first kappa shape index (κ1) is 13.9. The van der Waals surface area contributed by atoms with E-state index in [1.54, 1.807) is 36.4 Å². The molecule has 0 saturated carbocycles. The summed E-state index contributed by atoms with van der Waals surface area (Å²) in [5.41, 5.74) is 7.49. The van der Waals surface area contributed by atoms with Crippen molar-refractivity contribution in [2.24, 2.45) is 10.7 Å². The molecule has 0 bridgehead atoms. The lowest BCUT2D eigenvalue weighted by molar-refractivity contribution is 1.42. The van der Waals surface area contributed by atoms with E-state index < -0.39 is 0 Å². The van der Waals surface area contributed by atoms with Crippen molar-refractivity contribution in [2.75, 3.05) is 5.88 Å². The first-order valence-corrected chi connectivity index (χ1v) is 7.14. The van der Waals surface area contributed by atoms with Crippen molar-refractivity contribution in [1.82, 2.24) is 4.98 Å². The number of rotatable bonds is 2. The molecular weight excluding hydrogens is 309 g/mol. The topological polar surface area (TPSA) is 71.2 Å². The van der Waals surface area contributed by atoms with Crippen LogP contribution in [0.25, 0.3) is 21.8 Å². The van der Waals surface area contributed by atoms with E-state index in [0.29, 0.717) is 38.4 Å². The number of pyridine rings is 1. The van der Waals surface area contributed by atoms with Crippen LogP contribution in [0.4, 0.5) is 5.69 Å². The average molecular weight is 320 g/mol. The Labute approximate surface area is 130 Å². The third kappa shape index (κ3) is 2.48. The number of fused-ring (bicyclic) bond motifs is 2. The quantitative estimate of drug-likeness (QED) is 0.328. The molecule has 0 atom stereocenters. The molecule has 1 aromatic heterocycles. The van der Waals surface area contributed by atoms with Gasteiger partial charge >= 0.3 is 0 Å². The highest BCUT2D eigenvalue weighted by Gasteiger charge is 2.09. The van der Waals surface area contributed by atoms with Crippen molar-refractivity contribution in [3.8, 4) is 0 Å². The van der Waals surface area contributed by atoms with E-state index in [0.717, 1.165) is 0 Å². The molecule has 3 N–H and O–H groups in total. The molecular formula is C15H11Cl2N3O. The van der Waals surface area contributed by atoms with Crippen molar-refractivity contribution in [2.45, 2.75) is 0 Å². The molecule has 0 unspecified atom stereocenters. The van der Waals surface area contributed by atoms with Crippen LogP contribution < -0.4 is 11.2 Å². The van der Waals surface area contributed by atoms with Gasteiger partial charge in [-0.15, -0.1) is 11.6 Å². The lowest BCUT2D eigenvalue weighted by Crippen LogP contribution is -2.12. The number of nitrogens with one attached hydrogen (secondary N) is 1. The largest absolute Gasteiger partial charge is 0.386 e. The molecule has 6 heteroatoms. The van der Waals surface area contributed by atoms with Crippen molar-refractivity contribution in [3.63, 3.8) is 0 Å². The van der Waals surface area contributed by atoms with E-state index in [1.807, 2.05) is 0 Å². The summed E-state index contributed by atoms with van der Waals surface area (Å²) in [6.07, 6.45) is 0. The average Bonchev–Trinajstić information content (AvgIpc) is 2.49. The second-order valence-electron chi connectivity index (χ2n) is 4.58. The Morgan fingerprint density at radius 2 is 2.05 bits per heavy atom. The Kier molecular flexibility index (Phi) is 3.57. The van der Waals surface area contributed by atoms with Gasteiger partial charge in [0.25, 0.3) is 0 Å². The van der Waals surface area contributed by atoms with E-state index in [2.05, 4.69) is 9.98 Å². The van der Waals surface area contributed by atoms with E-state index in [9.17, 15) is 4.79 Å². The van der Waals surface area contributed by atoms with Crippen molar-refractivity contribution < 1.29 is 0 Å². The van der Waals surface area contributed by atoms with Gasteiger partial charge in [-0.1, -0.05) is 17.7 Å². The number of para-hydroxylation sites is 1. The van der Waals surface area contributed by atoms with Crippen LogP contribution in [-0.4, -0.2) is 16.7 Å². The van der Waals surface area contributed by atoms with E-state index in [-0.39, 0.29) is 11.3 Å². The first-order valence-electron chi connectivity index (χ1n) is 6.23. The SMILES string of the molecule is NC(CCl)=Nc1cccc2c(=O)c3cc(Cl)ccc3[nH]c12. The maximum absolute atomic E-state index is 12.6. The van der Waals surface area contributed by atoms with Gasteiger partial charge < -0.3 is 10.7 Å². The Hall–Kier alpha value is -2.04. The Bertz CT molecular complexity index is 931. The zero-order valence-electron chi connectivity index (χ0n) is 10.9. The number of benzene rings is 2. The van der Waals surface area contributed by atoms with Crippen LogP contribution in [0.5, 0.6) is 0 Å². The maximum Gasteiger partial charge on any atom is 0.197 e. The van der Waals surface area contributed by atoms with Gasteiger partial charge in [-0.3, -0.25) is 4.79 Å². The number of hydrogen-bond acceptors (Lipinski definition) is 2. The standard InChI is InChI=1S/C15H11Cl2N3O/c16-7-13(18)19-12-3-1-2-9-14(12)20-11-5-4-8(17)6-10(11)15(9)21/h1-6H,7H2,(H2,18,19)(H,20,21). The van der Waals surface area contributed by atoms with Crippen LogP contribution in [0, 0.1) is 0 Å². The number of nitrogens with two attached hydrogens (primary N) is 1. The molecule has 0 aliphatic heterocycles. The molecule has 0 aliphatic rings. The number of H-pyrrole nitrogens is 1. The van der Waals surface area contributed by atoms with Gasteiger partial charge in [0.2, 0.25) is 0 Å². The minimum Gasteiger partial charge on any atom is -0.386 e. The molecule has 2 aromatic carbocycles. The predicted molar refractivity (Wildman–Crippen MR) is 89.1 cm³/mol. The number of halogens is 2. The van der Waals surface area contributed by atoms with Gasteiger partial charge in [-0.25, -0.2) is 4.99 Å². The molecule has 0 amide bonds. The third-order valence-electron chi connectivity index (χ3n) is 3.17. The number of hydrogen-bond donors (Lipinski definition) is 2. The number of nitrogens with zero attached hydrogens (tertiary/aromatic N) is 1. The number of aromatic nitrogens is 1. The Morgan fingerprint density at radius 3 is 2.81 bits per heavy atom. The summed E-state index contributed by atoms with van der Waals surface area (Å²) in [5, 5.41) is 1.60. The van der Waals surface area contributed by atoms with Crippen molar-refractivity contribution in [1.29, 1.82) is 0 Å². The molecule has 0 fully saturated rings. The highest BCUT2D eigenvalue weighted by atomic mass is 35.5. The smallest absolute Gasteiger partial charge is 0.197 e. The van der Waals surface area contributed by atoms with Crippen LogP contribution in [0.1, 0.15) is 0 Å². The molecule has 3 rings (SSSR count). The van der Waals surface area contributed by atoms with E-state index in [4.69, 9.17) is 28.9 Å². The van der Waals surface area contributed by atoms with Crippen LogP contribution in [0.2, 0.25) is 5.02 Å². The van der Waals surface area contributed by atoms with Crippen LogP contribution in [-0.2, 0) is 0 Å². The van der Waals surface area contributed by atoms with Gasteiger partial charge in [0, 0.05) is 21.3 Å². The fraction of sp³-hybridized carbons (Fsp3) is 0.0667. The molecule has 0 spiro atoms. The molecule has 0 radical (unpaired) electrons. The molecule has 4 nitrogen and oxygen atoms in total. The second-order valence-corrected chi connectivity index (χ2v) is 5.28. The molecule has 106 valence electrons. The van der Waals surface area contributed by atoms with E-state index >= 15 is 0 Å². The van der Waals surface area contributed by atoms with Crippen LogP contribution >= 0.6 is 23.2 Å². The normalized spacial score (nSPS) is 12.2. The summed E-state index contributed by atoms with van der Waals surface area (Å²) < 4.78 is 0. The predicted octanol–water partition coefficient (Wildman–Crippen LogP) is 3.56. The highest BCUT2D eigenvalue weighted by molar-refractivity contribution is 6.31. The summed E-state index contributed by atoms with van der Waals surface area (Å²) in [7, 11) is 0. The molecule has 1 heterocycles. The highest BCUT2D eigenvalue weighted by Crippen LogP contribution is 2.25. The fourth-order valence-corrected chi connectivity index (χ4v) is 2.46. The number of aliphatic imine (C=N–C) groups is 1. The van der Waals surface area contributed by atoms with Gasteiger partial charge in [0.15, 0.2) is 5.43 Å². The lowest BCUT2D eigenvalue weighted by atomic mass is 10.1. The van der Waals surface area contributed by atoms with Gasteiger partial charge in [-0.05, 0) is 30.3 Å². The summed E-state index contributed by atoms with van der Waals surface area (Å²) in [6, 6.07) is 10.4. The number of amidine groups is 1. The third-order valence-corrected chi connectivity index (χ3v) is 3.68. The fourth-order valence-electron chi connectivity index (χ4n) is 2.23. The lowest BCUT2D eigenvalue weighted by Gasteiger charge is -2.06. The van der Waals surface area contributed by atoms with Gasteiger partial charge in [0.1, 0.15) is 5.84 Å². The zero-order valence-corrected chi connectivity index (χ0v) is 12.4. The second kappa shape index (κ2) is 5.39. The minimum atomic E-state index is -0.0947. The monoisotopic (exact) mass is 319 g/mol. The van der Waals surface area contributed by atoms with Crippen molar-refractivity contribution in [3.05, 3.63) is 51.6 Å². The molecule has 0 saturated heterocycles. The van der Waals surface area contributed by atoms with Crippen LogP contribution in [0.15, 0.2) is 46.2 Å². The summed E-state index contributed by atoms with van der Waals surface area (Å²) >= 11 is 11.6. The maximum atomic E-state index is 12.6. The van der Waals surface area contributed by atoms with E-state index in [1.165, 1.54) is 0 Å². The summed E-state index contributed by atoms with van der Waals surface area (Å²) in [5.74, 6) is 0.422. The van der Waals surface area contributed by atoms with Gasteiger partial charge in [0.05, 0.1) is 17.1 Å². The molecule has 3 aromatic rings. The number of aromatic amines is 1. The Morgan fingerprint density at radius 1 is 1.24 bits per heavy atom. The summed E-state index contributed by atoms with van der Waals surface area (Å²) in [4.78, 5) is 20.0. The molecule has 0 aliphatic carbocycles. The minimum absolute atomic E-state index is 0.0947. The first-order chi connectivity index (χ1) is 10.1. The Balaban J connectivity index is 2.43.